The molecule has 2 heteroatoms. The Morgan fingerprint density at radius 1 is 0.810 bits per heavy atom. The summed E-state index contributed by atoms with van der Waals surface area (Å²) in [7, 11) is 0. The maximum Gasteiger partial charge on any atom is 0.127 e. The molecule has 0 saturated heterocycles. The summed E-state index contributed by atoms with van der Waals surface area (Å²) in [5.74, 6) is 2.05. The Bertz CT molecular complexity index is 542. The largest absolute Gasteiger partial charge is 0.457 e. The zero-order valence-electron chi connectivity index (χ0n) is 12.2. The van der Waals surface area contributed by atoms with Crippen molar-refractivity contribution in [1.82, 2.24) is 0 Å². The predicted molar refractivity (Wildman–Crippen MR) is 84.5 cm³/mol. The van der Waals surface area contributed by atoms with Gasteiger partial charge in [0, 0.05) is 0 Å². The van der Waals surface area contributed by atoms with Crippen LogP contribution in [-0.2, 0) is 0 Å². The van der Waals surface area contributed by atoms with Crippen molar-refractivity contribution in [1.29, 1.82) is 0 Å². The van der Waals surface area contributed by atoms with Crippen molar-refractivity contribution in [2.45, 2.75) is 38.2 Å². The topological polar surface area (TPSA) is 29.5 Å². The lowest BCUT2D eigenvalue weighted by molar-refractivity contribution is 0.0848. The van der Waals surface area contributed by atoms with Gasteiger partial charge in [0.05, 0.1) is 6.10 Å². The van der Waals surface area contributed by atoms with Crippen molar-refractivity contribution < 1.29 is 9.84 Å². The van der Waals surface area contributed by atoms with Gasteiger partial charge < -0.3 is 9.84 Å². The molecule has 1 saturated carbocycles. The molecule has 0 heterocycles. The molecule has 2 aromatic rings. The fourth-order valence-corrected chi connectivity index (χ4v) is 3.08. The highest BCUT2D eigenvalue weighted by Gasteiger charge is 2.22. The zero-order valence-corrected chi connectivity index (χ0v) is 12.2. The fraction of sp³-hybridized carbons (Fsp3) is 0.368. The van der Waals surface area contributed by atoms with Crippen LogP contribution in [-0.4, -0.2) is 5.11 Å². The highest BCUT2D eigenvalue weighted by Crippen LogP contribution is 2.35. The highest BCUT2D eigenvalue weighted by atomic mass is 16.5. The lowest BCUT2D eigenvalue weighted by atomic mass is 9.83. The standard InChI is InChI=1S/C19H22O2/c20-19(15-7-3-1-4-8-15)16-11-13-18(14-12-16)21-17-9-5-2-6-10-17/h2,5-6,9-15,19-20H,1,3-4,7-8H2. The average molecular weight is 282 g/mol. The van der Waals surface area contributed by atoms with Crippen molar-refractivity contribution in [2.24, 2.45) is 5.92 Å². The van der Waals surface area contributed by atoms with Crippen LogP contribution in [0.5, 0.6) is 11.5 Å². The van der Waals surface area contributed by atoms with Gasteiger partial charge in [-0.25, -0.2) is 0 Å². The van der Waals surface area contributed by atoms with Crippen molar-refractivity contribution in [3.63, 3.8) is 0 Å². The summed E-state index contributed by atoms with van der Waals surface area (Å²) in [6.45, 7) is 0. The first-order chi connectivity index (χ1) is 10.3. The minimum Gasteiger partial charge on any atom is -0.457 e. The summed E-state index contributed by atoms with van der Waals surface area (Å²) in [5.41, 5.74) is 1.00. The molecule has 2 nitrogen and oxygen atoms in total. The SMILES string of the molecule is OC(c1ccc(Oc2ccccc2)cc1)C1CCCCC1. The molecule has 1 aliphatic carbocycles. The summed E-state index contributed by atoms with van der Waals surface area (Å²) in [6.07, 6.45) is 5.75. The van der Waals surface area contributed by atoms with E-state index in [2.05, 4.69) is 0 Å². The Balaban J connectivity index is 1.66. The Morgan fingerprint density at radius 3 is 2.10 bits per heavy atom. The molecule has 1 unspecified atom stereocenters. The number of ether oxygens (including phenoxy) is 1. The molecular weight excluding hydrogens is 260 g/mol. The third-order valence-electron chi connectivity index (χ3n) is 4.30. The number of rotatable bonds is 4. The quantitative estimate of drug-likeness (QED) is 0.846. The van der Waals surface area contributed by atoms with Crippen molar-refractivity contribution in [2.75, 3.05) is 0 Å². The first kappa shape index (κ1) is 14.2. The van der Waals surface area contributed by atoms with Crippen LogP contribution in [0.25, 0.3) is 0 Å². The molecule has 0 radical (unpaired) electrons. The van der Waals surface area contributed by atoms with Crippen LogP contribution in [0.4, 0.5) is 0 Å². The molecule has 1 N–H and O–H groups in total. The molecule has 0 amide bonds. The van der Waals surface area contributed by atoms with E-state index in [9.17, 15) is 5.11 Å². The van der Waals surface area contributed by atoms with Crippen LogP contribution in [0, 0.1) is 5.92 Å². The van der Waals surface area contributed by atoms with Gasteiger partial charge in [0.2, 0.25) is 0 Å². The Hall–Kier alpha value is -1.80. The number of para-hydroxylation sites is 1. The molecular formula is C19H22O2. The molecule has 110 valence electrons. The molecule has 0 aromatic heterocycles. The summed E-state index contributed by atoms with van der Waals surface area (Å²) >= 11 is 0. The van der Waals surface area contributed by atoms with Gasteiger partial charge in [-0.05, 0) is 48.6 Å². The van der Waals surface area contributed by atoms with Crippen molar-refractivity contribution >= 4 is 0 Å². The number of benzene rings is 2. The van der Waals surface area contributed by atoms with E-state index in [-0.39, 0.29) is 6.10 Å². The molecule has 0 aliphatic heterocycles. The van der Waals surface area contributed by atoms with Gasteiger partial charge in [0.15, 0.2) is 0 Å². The second-order valence-corrected chi connectivity index (χ2v) is 5.83. The lowest BCUT2D eigenvalue weighted by Gasteiger charge is -2.26. The highest BCUT2D eigenvalue weighted by molar-refractivity contribution is 5.33. The maximum absolute atomic E-state index is 10.5. The van der Waals surface area contributed by atoms with E-state index >= 15 is 0 Å². The van der Waals surface area contributed by atoms with Gasteiger partial charge in [0.25, 0.3) is 0 Å². The van der Waals surface area contributed by atoms with E-state index in [1.807, 2.05) is 54.6 Å². The van der Waals surface area contributed by atoms with Gasteiger partial charge in [-0.1, -0.05) is 49.6 Å². The first-order valence-corrected chi connectivity index (χ1v) is 7.84. The normalized spacial score (nSPS) is 17.4. The molecule has 1 fully saturated rings. The van der Waals surface area contributed by atoms with Crippen LogP contribution >= 0.6 is 0 Å². The van der Waals surface area contributed by atoms with Gasteiger partial charge in [0.1, 0.15) is 11.5 Å². The fourth-order valence-electron chi connectivity index (χ4n) is 3.08. The van der Waals surface area contributed by atoms with Gasteiger partial charge in [-0.3, -0.25) is 0 Å². The second-order valence-electron chi connectivity index (χ2n) is 5.83. The monoisotopic (exact) mass is 282 g/mol. The molecule has 0 bridgehead atoms. The Labute approximate surface area is 126 Å². The third-order valence-corrected chi connectivity index (χ3v) is 4.30. The van der Waals surface area contributed by atoms with Crippen molar-refractivity contribution in [3.8, 4) is 11.5 Å². The molecule has 2 aromatic carbocycles. The van der Waals surface area contributed by atoms with E-state index in [0.717, 1.165) is 29.9 Å². The summed E-state index contributed by atoms with van der Waals surface area (Å²) in [6, 6.07) is 17.6. The van der Waals surface area contributed by atoms with Crippen LogP contribution in [0.15, 0.2) is 54.6 Å². The van der Waals surface area contributed by atoms with E-state index in [4.69, 9.17) is 4.74 Å². The number of hydrogen-bond donors (Lipinski definition) is 1. The summed E-state index contributed by atoms with van der Waals surface area (Å²) < 4.78 is 5.78. The maximum atomic E-state index is 10.5. The van der Waals surface area contributed by atoms with Crippen LogP contribution in [0.1, 0.15) is 43.8 Å². The molecule has 3 rings (SSSR count). The smallest absolute Gasteiger partial charge is 0.127 e. The number of hydrogen-bond acceptors (Lipinski definition) is 2. The van der Waals surface area contributed by atoms with Gasteiger partial charge in [-0.15, -0.1) is 0 Å². The molecule has 1 atom stereocenters. The third kappa shape index (κ3) is 3.64. The van der Waals surface area contributed by atoms with Gasteiger partial charge >= 0.3 is 0 Å². The van der Waals surface area contributed by atoms with E-state index in [0.29, 0.717) is 5.92 Å². The molecule has 21 heavy (non-hydrogen) atoms. The van der Waals surface area contributed by atoms with E-state index in [1.54, 1.807) is 0 Å². The summed E-state index contributed by atoms with van der Waals surface area (Å²) in [5, 5.41) is 10.5. The lowest BCUT2D eigenvalue weighted by Crippen LogP contribution is -2.15. The van der Waals surface area contributed by atoms with E-state index in [1.165, 1.54) is 19.3 Å². The first-order valence-electron chi connectivity index (χ1n) is 7.84. The molecule has 0 spiro atoms. The number of aliphatic hydroxyl groups is 1. The van der Waals surface area contributed by atoms with E-state index < -0.39 is 0 Å². The minimum absolute atomic E-state index is 0.337. The minimum atomic E-state index is -0.337. The summed E-state index contributed by atoms with van der Waals surface area (Å²) in [4.78, 5) is 0. The van der Waals surface area contributed by atoms with Crippen LogP contribution in [0.3, 0.4) is 0 Å². The molecule has 1 aliphatic rings. The number of aliphatic hydroxyl groups excluding tert-OH is 1. The zero-order chi connectivity index (χ0) is 14.5. The van der Waals surface area contributed by atoms with Crippen LogP contribution in [0.2, 0.25) is 0 Å². The van der Waals surface area contributed by atoms with Gasteiger partial charge in [-0.2, -0.15) is 0 Å². The Morgan fingerprint density at radius 2 is 1.43 bits per heavy atom. The Kier molecular flexibility index (Phi) is 4.56. The van der Waals surface area contributed by atoms with Crippen molar-refractivity contribution in [3.05, 3.63) is 60.2 Å². The average Bonchev–Trinajstić information content (AvgIpc) is 2.57. The predicted octanol–water partition coefficient (Wildman–Crippen LogP) is 5.09. The van der Waals surface area contributed by atoms with Crippen LogP contribution < -0.4 is 4.74 Å². The second kappa shape index (κ2) is 6.77.